The van der Waals surface area contributed by atoms with Gasteiger partial charge in [-0.2, -0.15) is 0 Å². The van der Waals surface area contributed by atoms with Gasteiger partial charge in [-0.3, -0.25) is 9.59 Å². The van der Waals surface area contributed by atoms with Crippen LogP contribution in [0.5, 0.6) is 5.75 Å². The third-order valence-corrected chi connectivity index (χ3v) is 2.82. The molecule has 1 aromatic rings. The smallest absolute Gasteiger partial charge is 0.220 e. The summed E-state index contributed by atoms with van der Waals surface area (Å²) in [5.74, 6) is 0.628. The van der Waals surface area contributed by atoms with Gasteiger partial charge in [0.15, 0.2) is 5.78 Å². The fourth-order valence-electron chi connectivity index (χ4n) is 1.63. The zero-order chi connectivity index (χ0) is 15.0. The van der Waals surface area contributed by atoms with E-state index in [-0.39, 0.29) is 17.7 Å². The van der Waals surface area contributed by atoms with E-state index < -0.39 is 0 Å². The number of carbonyl (C=O) groups excluding carboxylic acids is 2. The first-order chi connectivity index (χ1) is 9.52. The van der Waals surface area contributed by atoms with E-state index in [1.54, 1.807) is 24.3 Å². The monoisotopic (exact) mass is 278 g/mol. The van der Waals surface area contributed by atoms with Crippen molar-refractivity contribution in [3.63, 3.8) is 0 Å². The Morgan fingerprint density at radius 2 is 2.15 bits per heavy atom. The minimum atomic E-state index is -0.0240. The molecular weight excluding hydrogens is 256 g/mol. The molecule has 0 aliphatic carbocycles. The molecule has 0 saturated heterocycles. The van der Waals surface area contributed by atoms with Crippen LogP contribution >= 0.6 is 0 Å². The van der Waals surface area contributed by atoms with Crippen LogP contribution in [0.3, 0.4) is 0 Å². The Kier molecular flexibility index (Phi) is 6.73. The molecule has 0 saturated carbocycles. The van der Waals surface area contributed by atoms with Crippen LogP contribution < -0.4 is 15.8 Å². The van der Waals surface area contributed by atoms with E-state index in [0.717, 1.165) is 0 Å². The molecule has 0 aliphatic heterocycles. The highest BCUT2D eigenvalue weighted by Gasteiger charge is 2.05. The number of ether oxygens (including phenoxy) is 1. The number of nitrogens with one attached hydrogen (secondary N) is 1. The molecule has 0 heterocycles. The van der Waals surface area contributed by atoms with Gasteiger partial charge in [-0.05, 0) is 32.4 Å². The van der Waals surface area contributed by atoms with E-state index >= 15 is 0 Å². The normalized spacial score (nSPS) is 11.8. The number of hydrogen-bond donors (Lipinski definition) is 2. The van der Waals surface area contributed by atoms with E-state index in [1.165, 1.54) is 6.92 Å². The van der Waals surface area contributed by atoms with Crippen molar-refractivity contribution in [3.8, 4) is 5.75 Å². The Bertz CT molecular complexity index is 460. The topological polar surface area (TPSA) is 81.4 Å². The van der Waals surface area contributed by atoms with Gasteiger partial charge in [0.25, 0.3) is 0 Å². The van der Waals surface area contributed by atoms with Crippen LogP contribution in [0, 0.1) is 0 Å². The molecule has 0 aromatic heterocycles. The number of ketones is 1. The van der Waals surface area contributed by atoms with Crippen LogP contribution in [0.2, 0.25) is 0 Å². The molecule has 1 rings (SSSR count). The SMILES string of the molecule is CC(=O)c1cccc(OCCCC(=O)N[C@@H](C)CN)c1. The summed E-state index contributed by atoms with van der Waals surface area (Å²) >= 11 is 0. The maximum absolute atomic E-state index is 11.5. The lowest BCUT2D eigenvalue weighted by Gasteiger charge is -2.11. The minimum absolute atomic E-state index is 0.00401. The average molecular weight is 278 g/mol. The average Bonchev–Trinajstić information content (AvgIpc) is 2.43. The fourth-order valence-corrected chi connectivity index (χ4v) is 1.63. The van der Waals surface area contributed by atoms with Crippen LogP contribution in [0.1, 0.15) is 37.0 Å². The number of Topliss-reactive ketones (excluding diaryl/α,β-unsaturated/α-hetero) is 1. The van der Waals surface area contributed by atoms with E-state index in [4.69, 9.17) is 10.5 Å². The lowest BCUT2D eigenvalue weighted by Crippen LogP contribution is -2.37. The van der Waals surface area contributed by atoms with Crippen molar-refractivity contribution in [2.45, 2.75) is 32.7 Å². The van der Waals surface area contributed by atoms with Crippen LogP contribution in [-0.4, -0.2) is 30.9 Å². The van der Waals surface area contributed by atoms with Crippen LogP contribution in [0.15, 0.2) is 24.3 Å². The Hall–Kier alpha value is -1.88. The first-order valence-corrected chi connectivity index (χ1v) is 6.76. The molecule has 0 radical (unpaired) electrons. The summed E-state index contributed by atoms with van der Waals surface area (Å²) in [6.45, 7) is 4.25. The Labute approximate surface area is 119 Å². The molecule has 5 heteroatoms. The number of hydrogen-bond acceptors (Lipinski definition) is 4. The highest BCUT2D eigenvalue weighted by atomic mass is 16.5. The first-order valence-electron chi connectivity index (χ1n) is 6.76. The minimum Gasteiger partial charge on any atom is -0.494 e. The van der Waals surface area contributed by atoms with E-state index in [1.807, 2.05) is 6.92 Å². The molecule has 3 N–H and O–H groups in total. The third-order valence-electron chi connectivity index (χ3n) is 2.82. The van der Waals surface area contributed by atoms with Crippen LogP contribution in [-0.2, 0) is 4.79 Å². The van der Waals surface area contributed by atoms with E-state index in [9.17, 15) is 9.59 Å². The van der Waals surface area contributed by atoms with Crippen molar-refractivity contribution < 1.29 is 14.3 Å². The summed E-state index contributed by atoms with van der Waals surface area (Å²) in [6, 6.07) is 7.02. The first kappa shape index (κ1) is 16.2. The van der Waals surface area contributed by atoms with Crippen LogP contribution in [0.25, 0.3) is 0 Å². The van der Waals surface area contributed by atoms with Crippen molar-refractivity contribution in [3.05, 3.63) is 29.8 Å². The van der Waals surface area contributed by atoms with Gasteiger partial charge in [0.05, 0.1) is 6.61 Å². The predicted molar refractivity (Wildman–Crippen MR) is 77.8 cm³/mol. The van der Waals surface area contributed by atoms with Crippen molar-refractivity contribution in [2.75, 3.05) is 13.2 Å². The van der Waals surface area contributed by atoms with Gasteiger partial charge in [-0.25, -0.2) is 0 Å². The van der Waals surface area contributed by atoms with Gasteiger partial charge in [-0.1, -0.05) is 12.1 Å². The largest absolute Gasteiger partial charge is 0.494 e. The summed E-state index contributed by atoms with van der Waals surface area (Å²) in [5, 5.41) is 2.79. The number of carbonyl (C=O) groups is 2. The molecule has 5 nitrogen and oxygen atoms in total. The molecule has 1 atom stereocenters. The lowest BCUT2D eigenvalue weighted by molar-refractivity contribution is -0.121. The lowest BCUT2D eigenvalue weighted by atomic mass is 10.1. The quantitative estimate of drug-likeness (QED) is 0.558. The Balaban J connectivity index is 2.29. The van der Waals surface area contributed by atoms with Gasteiger partial charge < -0.3 is 15.8 Å². The fraction of sp³-hybridized carbons (Fsp3) is 0.467. The van der Waals surface area contributed by atoms with Gasteiger partial charge in [-0.15, -0.1) is 0 Å². The van der Waals surface area contributed by atoms with Gasteiger partial charge >= 0.3 is 0 Å². The molecule has 0 fully saturated rings. The molecule has 110 valence electrons. The zero-order valence-corrected chi connectivity index (χ0v) is 12.0. The summed E-state index contributed by atoms with van der Waals surface area (Å²) in [7, 11) is 0. The molecule has 0 aliphatic rings. The predicted octanol–water partition coefficient (Wildman–Crippen LogP) is 1.51. The maximum Gasteiger partial charge on any atom is 0.220 e. The Morgan fingerprint density at radius 1 is 1.40 bits per heavy atom. The second-order valence-corrected chi connectivity index (χ2v) is 4.74. The molecule has 0 spiro atoms. The number of benzene rings is 1. The van der Waals surface area contributed by atoms with E-state index in [2.05, 4.69) is 5.32 Å². The number of rotatable bonds is 8. The van der Waals surface area contributed by atoms with Gasteiger partial charge in [0.2, 0.25) is 5.91 Å². The number of amides is 1. The summed E-state index contributed by atoms with van der Waals surface area (Å²) in [4.78, 5) is 22.7. The molecular formula is C15H22N2O3. The molecule has 0 unspecified atom stereocenters. The molecule has 1 amide bonds. The molecule has 0 bridgehead atoms. The second-order valence-electron chi connectivity index (χ2n) is 4.74. The van der Waals surface area contributed by atoms with Gasteiger partial charge in [0.1, 0.15) is 5.75 Å². The van der Waals surface area contributed by atoms with E-state index in [0.29, 0.717) is 37.3 Å². The number of nitrogens with two attached hydrogens (primary N) is 1. The highest BCUT2D eigenvalue weighted by Crippen LogP contribution is 2.14. The Morgan fingerprint density at radius 3 is 2.80 bits per heavy atom. The van der Waals surface area contributed by atoms with Gasteiger partial charge in [0, 0.05) is 24.6 Å². The van der Waals surface area contributed by atoms with Crippen molar-refractivity contribution in [2.24, 2.45) is 5.73 Å². The standard InChI is InChI=1S/C15H22N2O3/c1-11(10-16)17-15(19)7-4-8-20-14-6-3-5-13(9-14)12(2)18/h3,5-6,9,11H,4,7-8,10,16H2,1-2H3,(H,17,19)/t11-/m0/s1. The summed E-state index contributed by atoms with van der Waals surface area (Å²) in [5.41, 5.74) is 6.05. The maximum atomic E-state index is 11.5. The molecule has 1 aromatic carbocycles. The summed E-state index contributed by atoms with van der Waals surface area (Å²) in [6.07, 6.45) is 1.02. The highest BCUT2D eigenvalue weighted by molar-refractivity contribution is 5.94. The van der Waals surface area contributed by atoms with Crippen molar-refractivity contribution in [1.29, 1.82) is 0 Å². The summed E-state index contributed by atoms with van der Waals surface area (Å²) < 4.78 is 5.52. The van der Waals surface area contributed by atoms with Crippen molar-refractivity contribution in [1.82, 2.24) is 5.32 Å². The zero-order valence-electron chi connectivity index (χ0n) is 12.0. The van der Waals surface area contributed by atoms with Crippen LogP contribution in [0.4, 0.5) is 0 Å². The van der Waals surface area contributed by atoms with Crippen molar-refractivity contribution >= 4 is 11.7 Å². The molecule has 20 heavy (non-hydrogen) atoms. The third kappa shape index (κ3) is 5.84. The second kappa shape index (κ2) is 8.32.